The third-order valence-electron chi connectivity index (χ3n) is 4.80. The average molecular weight is 349 g/mol. The Bertz CT molecular complexity index is 440. The highest BCUT2D eigenvalue weighted by Gasteiger charge is 2.31. The number of nitrogens with one attached hydrogen (secondary N) is 1. The molecule has 3 heterocycles. The molecule has 126 valence electrons. The van der Waals surface area contributed by atoms with E-state index in [0.29, 0.717) is 6.04 Å². The van der Waals surface area contributed by atoms with Crippen molar-refractivity contribution in [2.75, 3.05) is 19.6 Å². The number of carbonyl (C=O) groups excluding carboxylic acids is 1. The number of nitrogens with zero attached hydrogens (tertiary/aromatic N) is 3. The molecule has 1 aromatic heterocycles. The summed E-state index contributed by atoms with van der Waals surface area (Å²) in [7, 11) is 0. The number of hydrogen-bond acceptors (Lipinski definition) is 3. The molecule has 2 unspecified atom stereocenters. The van der Waals surface area contributed by atoms with Gasteiger partial charge < -0.3 is 10.2 Å². The lowest BCUT2D eigenvalue weighted by molar-refractivity contribution is -0.136. The summed E-state index contributed by atoms with van der Waals surface area (Å²) in [4.78, 5) is 14.5. The number of hydrogen-bond donors (Lipinski definition) is 1. The molecular formula is C15H26Cl2N4O. The van der Waals surface area contributed by atoms with E-state index in [1.807, 2.05) is 24.1 Å². The van der Waals surface area contributed by atoms with Crippen LogP contribution in [-0.4, -0.2) is 46.3 Å². The molecule has 2 aliphatic rings. The molecule has 0 bridgehead atoms. The van der Waals surface area contributed by atoms with Crippen molar-refractivity contribution in [1.82, 2.24) is 20.0 Å². The van der Waals surface area contributed by atoms with Crippen LogP contribution in [0.1, 0.15) is 38.6 Å². The van der Waals surface area contributed by atoms with Crippen molar-refractivity contribution in [3.05, 3.63) is 18.5 Å². The molecule has 3 rings (SSSR count). The van der Waals surface area contributed by atoms with Crippen LogP contribution < -0.4 is 5.32 Å². The fourth-order valence-electron chi connectivity index (χ4n) is 3.52. The fourth-order valence-corrected chi connectivity index (χ4v) is 3.52. The van der Waals surface area contributed by atoms with Gasteiger partial charge in [0.25, 0.3) is 0 Å². The van der Waals surface area contributed by atoms with Gasteiger partial charge in [0.2, 0.25) is 5.91 Å². The predicted octanol–water partition coefficient (Wildman–Crippen LogP) is 2.28. The van der Waals surface area contributed by atoms with E-state index < -0.39 is 0 Å². The first kappa shape index (κ1) is 19.3. The Balaban J connectivity index is 0.00000121. The molecule has 2 aliphatic heterocycles. The summed E-state index contributed by atoms with van der Waals surface area (Å²) in [5, 5.41) is 7.77. The van der Waals surface area contributed by atoms with Crippen LogP contribution in [0.15, 0.2) is 18.5 Å². The van der Waals surface area contributed by atoms with Gasteiger partial charge in [-0.3, -0.25) is 9.48 Å². The molecule has 1 aromatic rings. The highest BCUT2D eigenvalue weighted by molar-refractivity contribution is 5.85. The van der Waals surface area contributed by atoms with E-state index in [4.69, 9.17) is 0 Å². The SMILES string of the molecule is CC(C(=O)N1CCC(C2CCCN2)CC1)n1cccn1.Cl.Cl. The van der Waals surface area contributed by atoms with E-state index in [-0.39, 0.29) is 36.8 Å². The molecule has 0 saturated carbocycles. The minimum absolute atomic E-state index is 0. The summed E-state index contributed by atoms with van der Waals surface area (Å²) >= 11 is 0. The molecule has 0 aliphatic carbocycles. The van der Waals surface area contributed by atoms with E-state index in [1.165, 1.54) is 19.4 Å². The zero-order valence-electron chi connectivity index (χ0n) is 13.0. The molecule has 1 N–H and O–H groups in total. The maximum absolute atomic E-state index is 12.5. The van der Waals surface area contributed by atoms with E-state index in [1.54, 1.807) is 10.9 Å². The molecule has 7 heteroatoms. The molecule has 2 saturated heterocycles. The third kappa shape index (κ3) is 4.15. The average Bonchev–Trinajstić information content (AvgIpc) is 3.18. The number of piperidine rings is 1. The number of aromatic nitrogens is 2. The Hall–Kier alpha value is -0.780. The summed E-state index contributed by atoms with van der Waals surface area (Å²) in [6.07, 6.45) is 8.46. The van der Waals surface area contributed by atoms with Gasteiger partial charge in [-0.1, -0.05) is 0 Å². The van der Waals surface area contributed by atoms with Crippen molar-refractivity contribution in [3.8, 4) is 0 Å². The molecular weight excluding hydrogens is 323 g/mol. The van der Waals surface area contributed by atoms with Crippen LogP contribution in [0.2, 0.25) is 0 Å². The number of halogens is 2. The predicted molar refractivity (Wildman–Crippen MR) is 91.8 cm³/mol. The van der Waals surface area contributed by atoms with Crippen molar-refractivity contribution < 1.29 is 4.79 Å². The standard InChI is InChI=1S/C15H24N4O.2ClH/c1-12(19-9-3-8-17-19)15(20)18-10-5-13(6-11-18)14-4-2-7-16-14;;/h3,8-9,12-14,16H,2,4-7,10-11H2,1H3;2*1H. The van der Waals surface area contributed by atoms with Crippen LogP contribution in [-0.2, 0) is 4.79 Å². The lowest BCUT2D eigenvalue weighted by atomic mass is 9.88. The fraction of sp³-hybridized carbons (Fsp3) is 0.733. The monoisotopic (exact) mass is 348 g/mol. The van der Waals surface area contributed by atoms with Gasteiger partial charge in [0.1, 0.15) is 6.04 Å². The largest absolute Gasteiger partial charge is 0.341 e. The summed E-state index contributed by atoms with van der Waals surface area (Å²) in [5.41, 5.74) is 0. The van der Waals surface area contributed by atoms with Crippen molar-refractivity contribution in [2.45, 2.75) is 44.7 Å². The van der Waals surface area contributed by atoms with Crippen LogP contribution in [0.25, 0.3) is 0 Å². The van der Waals surface area contributed by atoms with Gasteiger partial charge in [-0.15, -0.1) is 24.8 Å². The highest BCUT2D eigenvalue weighted by atomic mass is 35.5. The van der Waals surface area contributed by atoms with E-state index in [9.17, 15) is 4.79 Å². The van der Waals surface area contributed by atoms with Crippen LogP contribution >= 0.6 is 24.8 Å². The lowest BCUT2D eigenvalue weighted by Gasteiger charge is -2.36. The van der Waals surface area contributed by atoms with Gasteiger partial charge in [-0.25, -0.2) is 0 Å². The van der Waals surface area contributed by atoms with Gasteiger partial charge in [-0.2, -0.15) is 5.10 Å². The molecule has 5 nitrogen and oxygen atoms in total. The van der Waals surface area contributed by atoms with E-state index >= 15 is 0 Å². The van der Waals surface area contributed by atoms with Crippen LogP contribution in [0.3, 0.4) is 0 Å². The molecule has 1 amide bonds. The summed E-state index contributed by atoms with van der Waals surface area (Å²) in [6, 6.07) is 2.36. The smallest absolute Gasteiger partial charge is 0.247 e. The Morgan fingerprint density at radius 2 is 2.00 bits per heavy atom. The van der Waals surface area contributed by atoms with Crippen LogP contribution in [0.5, 0.6) is 0 Å². The minimum atomic E-state index is -0.189. The minimum Gasteiger partial charge on any atom is -0.341 e. The van der Waals surface area contributed by atoms with Gasteiger partial charge in [0.15, 0.2) is 0 Å². The second-order valence-electron chi connectivity index (χ2n) is 6.03. The number of carbonyl (C=O) groups is 1. The van der Waals surface area contributed by atoms with Gasteiger partial charge in [-0.05, 0) is 51.1 Å². The first-order valence-electron chi connectivity index (χ1n) is 7.77. The zero-order chi connectivity index (χ0) is 13.9. The molecule has 22 heavy (non-hydrogen) atoms. The molecule has 2 atom stereocenters. The number of likely N-dealkylation sites (tertiary alicyclic amines) is 1. The number of rotatable bonds is 3. The maximum Gasteiger partial charge on any atom is 0.247 e. The van der Waals surface area contributed by atoms with Crippen LogP contribution in [0.4, 0.5) is 0 Å². The van der Waals surface area contributed by atoms with Crippen molar-refractivity contribution >= 4 is 30.7 Å². The highest BCUT2D eigenvalue weighted by Crippen LogP contribution is 2.26. The topological polar surface area (TPSA) is 50.2 Å². The zero-order valence-corrected chi connectivity index (χ0v) is 14.6. The first-order valence-corrected chi connectivity index (χ1v) is 7.77. The second-order valence-corrected chi connectivity index (χ2v) is 6.03. The van der Waals surface area contributed by atoms with Gasteiger partial charge in [0, 0.05) is 31.5 Å². The first-order chi connectivity index (χ1) is 9.75. The molecule has 0 spiro atoms. The van der Waals surface area contributed by atoms with E-state index in [0.717, 1.165) is 31.8 Å². The van der Waals surface area contributed by atoms with Crippen molar-refractivity contribution in [3.63, 3.8) is 0 Å². The number of amides is 1. The van der Waals surface area contributed by atoms with Gasteiger partial charge in [0.05, 0.1) is 0 Å². The van der Waals surface area contributed by atoms with Gasteiger partial charge >= 0.3 is 0 Å². The summed E-state index contributed by atoms with van der Waals surface area (Å²) in [5.74, 6) is 0.952. The van der Waals surface area contributed by atoms with Crippen molar-refractivity contribution in [2.24, 2.45) is 5.92 Å². The summed E-state index contributed by atoms with van der Waals surface area (Å²) in [6.45, 7) is 4.89. The van der Waals surface area contributed by atoms with Crippen LogP contribution in [0, 0.1) is 5.92 Å². The Labute approximate surface area is 144 Å². The van der Waals surface area contributed by atoms with Crippen molar-refractivity contribution in [1.29, 1.82) is 0 Å². The maximum atomic E-state index is 12.5. The Morgan fingerprint density at radius 3 is 2.55 bits per heavy atom. The lowest BCUT2D eigenvalue weighted by Crippen LogP contribution is -2.45. The Kier molecular flexibility index (Phi) is 7.66. The third-order valence-corrected chi connectivity index (χ3v) is 4.80. The molecule has 0 radical (unpaired) electrons. The van der Waals surface area contributed by atoms with E-state index in [2.05, 4.69) is 10.4 Å². The molecule has 0 aromatic carbocycles. The molecule has 2 fully saturated rings. The quantitative estimate of drug-likeness (QED) is 0.911. The second kappa shape index (κ2) is 8.75. The summed E-state index contributed by atoms with van der Waals surface area (Å²) < 4.78 is 1.74. The normalized spacial score (nSPS) is 23.5. The Morgan fingerprint density at radius 1 is 1.27 bits per heavy atom.